The number of nitrogen functional groups attached to an aromatic ring is 1. The highest BCUT2D eigenvalue weighted by Gasteiger charge is 2.20. The molecule has 2 aromatic carbocycles. The van der Waals surface area contributed by atoms with E-state index in [1.165, 1.54) is 30.3 Å². The van der Waals surface area contributed by atoms with Gasteiger partial charge in [0.1, 0.15) is 0 Å². The molecular formula is C13H15N3O4S2. The molecule has 0 radical (unpaired) electrons. The quantitative estimate of drug-likeness (QED) is 0.714. The van der Waals surface area contributed by atoms with Crippen LogP contribution >= 0.6 is 0 Å². The van der Waals surface area contributed by atoms with Crippen LogP contribution in [0.15, 0.2) is 52.3 Å². The van der Waals surface area contributed by atoms with Crippen molar-refractivity contribution in [1.82, 2.24) is 0 Å². The van der Waals surface area contributed by atoms with Crippen LogP contribution in [0.1, 0.15) is 5.56 Å². The van der Waals surface area contributed by atoms with Crippen molar-refractivity contribution in [3.05, 3.63) is 48.0 Å². The van der Waals surface area contributed by atoms with Gasteiger partial charge in [-0.15, -0.1) is 0 Å². The summed E-state index contributed by atoms with van der Waals surface area (Å²) in [4.78, 5) is 0.00766. The molecule has 0 aliphatic carbocycles. The van der Waals surface area contributed by atoms with Gasteiger partial charge >= 0.3 is 0 Å². The first-order chi connectivity index (χ1) is 10.1. The summed E-state index contributed by atoms with van der Waals surface area (Å²) in [5.41, 5.74) is 6.68. The highest BCUT2D eigenvalue weighted by atomic mass is 32.2. The second-order valence-electron chi connectivity index (χ2n) is 4.72. The first kappa shape index (κ1) is 16.3. The molecule has 0 aliphatic rings. The predicted molar refractivity (Wildman–Crippen MR) is 84.2 cm³/mol. The minimum absolute atomic E-state index is 0.0748. The maximum absolute atomic E-state index is 12.5. The fourth-order valence-electron chi connectivity index (χ4n) is 1.87. The Labute approximate surface area is 129 Å². The largest absolute Gasteiger partial charge is 0.398 e. The number of sulfone groups is 1. The van der Waals surface area contributed by atoms with Gasteiger partial charge in [0.15, 0.2) is 0 Å². The van der Waals surface area contributed by atoms with Crippen molar-refractivity contribution in [2.75, 3.05) is 10.5 Å². The number of hydrogen-bond donors (Lipinski definition) is 3. The van der Waals surface area contributed by atoms with E-state index in [4.69, 9.17) is 10.9 Å². The molecule has 0 atom stereocenters. The fourth-order valence-corrected chi connectivity index (χ4v) is 3.69. The Morgan fingerprint density at radius 3 is 2.05 bits per heavy atom. The molecule has 0 unspecified atom stereocenters. The Morgan fingerprint density at radius 2 is 1.55 bits per heavy atom. The summed E-state index contributed by atoms with van der Waals surface area (Å²) < 4.78 is 49.0. The normalized spacial score (nSPS) is 12.1. The second-order valence-corrected chi connectivity index (χ2v) is 7.93. The van der Waals surface area contributed by atoms with E-state index in [0.717, 1.165) is 5.56 Å². The monoisotopic (exact) mass is 341 g/mol. The minimum Gasteiger partial charge on any atom is -0.398 e. The van der Waals surface area contributed by atoms with Gasteiger partial charge in [0, 0.05) is 0 Å². The Kier molecular flexibility index (Phi) is 4.14. The van der Waals surface area contributed by atoms with Gasteiger partial charge in [0.05, 0.1) is 21.2 Å². The molecule has 0 aliphatic heterocycles. The summed E-state index contributed by atoms with van der Waals surface area (Å²) in [6.07, 6.45) is 0. The maximum Gasteiger partial charge on any atom is 0.296 e. The van der Waals surface area contributed by atoms with Crippen LogP contribution in [0.2, 0.25) is 0 Å². The smallest absolute Gasteiger partial charge is 0.296 e. The van der Waals surface area contributed by atoms with Gasteiger partial charge in [-0.25, -0.2) is 13.6 Å². The maximum atomic E-state index is 12.5. The van der Waals surface area contributed by atoms with Gasteiger partial charge in [-0.05, 0) is 37.3 Å². The molecule has 0 heterocycles. The summed E-state index contributed by atoms with van der Waals surface area (Å²) >= 11 is 0. The zero-order valence-electron chi connectivity index (χ0n) is 11.6. The van der Waals surface area contributed by atoms with Crippen LogP contribution in [-0.4, -0.2) is 16.8 Å². The summed E-state index contributed by atoms with van der Waals surface area (Å²) in [7, 11) is -7.73. The summed E-state index contributed by atoms with van der Waals surface area (Å²) in [6, 6.07) is 10.0. The molecule has 118 valence electrons. The van der Waals surface area contributed by atoms with Gasteiger partial charge in [0.2, 0.25) is 9.84 Å². The molecule has 22 heavy (non-hydrogen) atoms. The van der Waals surface area contributed by atoms with Crippen LogP contribution in [0.3, 0.4) is 0 Å². The third-order valence-electron chi connectivity index (χ3n) is 2.89. The minimum atomic E-state index is -3.95. The number of rotatable bonds is 4. The third kappa shape index (κ3) is 3.56. The average molecular weight is 341 g/mol. The Morgan fingerprint density at radius 1 is 0.955 bits per heavy atom. The van der Waals surface area contributed by atoms with Gasteiger partial charge in [-0.3, -0.25) is 4.72 Å². The Bertz CT molecular complexity index is 905. The van der Waals surface area contributed by atoms with E-state index < -0.39 is 20.0 Å². The van der Waals surface area contributed by atoms with Crippen LogP contribution in [0, 0.1) is 6.92 Å². The van der Waals surface area contributed by atoms with Crippen molar-refractivity contribution in [1.29, 1.82) is 0 Å². The zero-order valence-corrected chi connectivity index (χ0v) is 13.3. The zero-order chi connectivity index (χ0) is 16.5. The van der Waals surface area contributed by atoms with E-state index in [-0.39, 0.29) is 21.2 Å². The molecule has 7 nitrogen and oxygen atoms in total. The number of nitrogens with one attached hydrogen (secondary N) is 1. The second kappa shape index (κ2) is 5.59. The van der Waals surface area contributed by atoms with Crippen molar-refractivity contribution in [3.8, 4) is 0 Å². The molecule has 5 N–H and O–H groups in total. The lowest BCUT2D eigenvalue weighted by atomic mass is 10.2. The van der Waals surface area contributed by atoms with Gasteiger partial charge in [-0.2, -0.15) is 8.42 Å². The first-order valence-corrected chi connectivity index (χ1v) is 9.14. The molecular weight excluding hydrogens is 326 g/mol. The Hall–Kier alpha value is -2.10. The summed E-state index contributed by atoms with van der Waals surface area (Å²) in [5, 5.41) is 4.85. The van der Waals surface area contributed by atoms with Gasteiger partial charge in [0.25, 0.3) is 10.2 Å². The molecule has 0 spiro atoms. The lowest BCUT2D eigenvalue weighted by Crippen LogP contribution is -2.21. The summed E-state index contributed by atoms with van der Waals surface area (Å²) in [5.74, 6) is 0. The van der Waals surface area contributed by atoms with Crippen molar-refractivity contribution in [2.24, 2.45) is 5.14 Å². The Balaban J connectivity index is 2.46. The average Bonchev–Trinajstić information content (AvgIpc) is 2.36. The molecule has 2 aromatic rings. The molecule has 2 rings (SSSR count). The predicted octanol–water partition coefficient (Wildman–Crippen LogP) is 1.03. The number of aryl methyl sites for hydroxylation is 1. The number of anilines is 2. The number of nitrogens with two attached hydrogens (primary N) is 2. The van der Waals surface area contributed by atoms with Gasteiger partial charge < -0.3 is 5.73 Å². The van der Waals surface area contributed by atoms with E-state index in [1.807, 2.05) is 11.6 Å². The lowest BCUT2D eigenvalue weighted by Gasteiger charge is -2.10. The fraction of sp³-hybridized carbons (Fsp3) is 0.0769. The molecule has 0 amide bonds. The lowest BCUT2D eigenvalue weighted by molar-refractivity contribution is 0.596. The molecule has 9 heteroatoms. The molecule has 0 fully saturated rings. The van der Waals surface area contributed by atoms with Crippen LogP contribution < -0.4 is 15.6 Å². The molecule has 0 saturated carbocycles. The van der Waals surface area contributed by atoms with Gasteiger partial charge in [-0.1, -0.05) is 17.7 Å². The van der Waals surface area contributed by atoms with E-state index in [2.05, 4.69) is 0 Å². The molecule has 0 bridgehead atoms. The van der Waals surface area contributed by atoms with Crippen molar-refractivity contribution >= 4 is 31.4 Å². The topological polar surface area (TPSA) is 132 Å². The van der Waals surface area contributed by atoms with E-state index in [1.54, 1.807) is 12.1 Å². The molecule has 0 saturated heterocycles. The first-order valence-electron chi connectivity index (χ1n) is 6.11. The molecule has 0 aromatic heterocycles. The number of benzene rings is 2. The van der Waals surface area contributed by atoms with Crippen molar-refractivity contribution < 1.29 is 16.8 Å². The third-order valence-corrected chi connectivity index (χ3v) is 5.25. The highest BCUT2D eigenvalue weighted by Crippen LogP contribution is 2.28. The van der Waals surface area contributed by atoms with E-state index in [9.17, 15) is 16.8 Å². The van der Waals surface area contributed by atoms with Crippen LogP contribution in [-0.2, 0) is 20.0 Å². The van der Waals surface area contributed by atoms with Crippen LogP contribution in [0.25, 0.3) is 0 Å². The SMILES string of the molecule is Cc1ccc(S(=O)(=O)c2ccc(NS(N)(=O)=O)cc2N)cc1. The van der Waals surface area contributed by atoms with E-state index >= 15 is 0 Å². The summed E-state index contributed by atoms with van der Waals surface area (Å²) in [6.45, 7) is 1.85. The standard InChI is InChI=1S/C13H15N3O4S2/c1-9-2-5-11(6-3-9)21(17,18)13-7-4-10(8-12(13)14)16-22(15,19)20/h2-8,16H,14H2,1H3,(H2,15,19,20). The van der Waals surface area contributed by atoms with Crippen molar-refractivity contribution in [2.45, 2.75) is 16.7 Å². The highest BCUT2D eigenvalue weighted by molar-refractivity contribution is 7.91. The van der Waals surface area contributed by atoms with E-state index in [0.29, 0.717) is 0 Å². The number of hydrogen-bond acceptors (Lipinski definition) is 5. The van der Waals surface area contributed by atoms with Crippen molar-refractivity contribution in [3.63, 3.8) is 0 Å². The van der Waals surface area contributed by atoms with Crippen LogP contribution in [0.5, 0.6) is 0 Å². The van der Waals surface area contributed by atoms with Crippen LogP contribution in [0.4, 0.5) is 11.4 Å².